The molecule has 4 nitrogen and oxygen atoms in total. The van der Waals surface area contributed by atoms with Crippen LogP contribution in [-0.2, 0) is 4.79 Å². The molecule has 1 fully saturated rings. The van der Waals surface area contributed by atoms with Crippen molar-refractivity contribution in [1.82, 2.24) is 0 Å². The van der Waals surface area contributed by atoms with Gasteiger partial charge in [0.05, 0.1) is 17.1 Å². The molecule has 3 aromatic carbocycles. The summed E-state index contributed by atoms with van der Waals surface area (Å²) in [7, 11) is 0. The Labute approximate surface area is 188 Å². The van der Waals surface area contributed by atoms with Gasteiger partial charge in [0.1, 0.15) is 15.8 Å². The molecule has 31 heavy (non-hydrogen) atoms. The molecule has 0 aliphatic carbocycles. The van der Waals surface area contributed by atoms with E-state index in [2.05, 4.69) is 24.0 Å². The van der Waals surface area contributed by atoms with Gasteiger partial charge in [-0.2, -0.15) is 0 Å². The maximum absolute atomic E-state index is 13.6. The van der Waals surface area contributed by atoms with Crippen LogP contribution in [0.25, 0.3) is 0 Å². The number of hydrogen-bond donors (Lipinski definition) is 0. The Morgan fingerprint density at radius 2 is 1.61 bits per heavy atom. The van der Waals surface area contributed by atoms with Crippen LogP contribution in [0.2, 0.25) is 0 Å². The predicted molar refractivity (Wildman–Crippen MR) is 127 cm³/mol. The molecule has 2 aliphatic heterocycles. The van der Waals surface area contributed by atoms with Gasteiger partial charge in [0.25, 0.3) is 5.91 Å². The van der Waals surface area contributed by atoms with Crippen LogP contribution in [0.3, 0.4) is 0 Å². The van der Waals surface area contributed by atoms with Crippen LogP contribution in [0.4, 0.5) is 21.5 Å². The number of amides is 1. The van der Waals surface area contributed by atoms with Crippen LogP contribution >= 0.6 is 23.5 Å². The van der Waals surface area contributed by atoms with Crippen molar-refractivity contribution in [2.45, 2.75) is 11.8 Å². The minimum atomic E-state index is -0.345. The van der Waals surface area contributed by atoms with E-state index in [-0.39, 0.29) is 11.7 Å². The van der Waals surface area contributed by atoms with Gasteiger partial charge in [0.15, 0.2) is 5.17 Å². The first kappa shape index (κ1) is 19.9. The van der Waals surface area contributed by atoms with Gasteiger partial charge in [-0.05, 0) is 67.2 Å². The predicted octanol–water partition coefficient (Wildman–Crippen LogP) is 6.39. The number of fused-ring (bicyclic) bond motifs is 1. The highest BCUT2D eigenvalue weighted by Crippen LogP contribution is 2.51. The minimum Gasteiger partial charge on any atom is -0.334 e. The Morgan fingerprint density at radius 3 is 2.35 bits per heavy atom. The highest BCUT2D eigenvalue weighted by molar-refractivity contribution is 8.20. The normalized spacial score (nSPS) is 19.4. The van der Waals surface area contributed by atoms with E-state index in [1.807, 2.05) is 42.5 Å². The highest BCUT2D eigenvalue weighted by atomic mass is 32.2. The summed E-state index contributed by atoms with van der Waals surface area (Å²) >= 11 is 2.96. The largest absolute Gasteiger partial charge is 0.334 e. The maximum Gasteiger partial charge on any atom is 0.274 e. The van der Waals surface area contributed by atoms with Crippen molar-refractivity contribution in [3.8, 4) is 0 Å². The first-order valence-electron chi connectivity index (χ1n) is 9.86. The van der Waals surface area contributed by atoms with Gasteiger partial charge in [-0.15, -0.1) is 0 Å². The van der Waals surface area contributed by atoms with E-state index in [4.69, 9.17) is 4.99 Å². The first-order chi connectivity index (χ1) is 15.2. The maximum atomic E-state index is 13.6. The van der Waals surface area contributed by atoms with Crippen molar-refractivity contribution in [2.75, 3.05) is 16.3 Å². The van der Waals surface area contributed by atoms with Crippen LogP contribution in [0.5, 0.6) is 0 Å². The fraction of sp³-hybridized carbons (Fsp3) is 0.0833. The van der Waals surface area contributed by atoms with Gasteiger partial charge in [-0.3, -0.25) is 9.69 Å². The molecule has 0 N–H and O–H groups in total. The number of amidine groups is 1. The summed E-state index contributed by atoms with van der Waals surface area (Å²) in [5.74, 6) is -0.498. The van der Waals surface area contributed by atoms with Crippen LogP contribution in [0.15, 0.2) is 98.7 Å². The average molecular weight is 448 g/mol. The Balaban J connectivity index is 1.63. The Bertz CT molecular complexity index is 1210. The Kier molecular flexibility index (Phi) is 5.29. The molecule has 0 atom stereocenters. The third kappa shape index (κ3) is 3.64. The summed E-state index contributed by atoms with van der Waals surface area (Å²) in [6.07, 6.45) is 0. The van der Waals surface area contributed by atoms with E-state index in [1.165, 1.54) is 23.9 Å². The molecule has 3 aromatic rings. The lowest BCUT2D eigenvalue weighted by molar-refractivity contribution is -0.113. The molecule has 2 aliphatic rings. The molecule has 1 saturated heterocycles. The molecule has 0 radical (unpaired) electrons. The zero-order chi connectivity index (χ0) is 21.4. The number of anilines is 2. The lowest BCUT2D eigenvalue weighted by Crippen LogP contribution is -2.29. The van der Waals surface area contributed by atoms with Gasteiger partial charge in [-0.1, -0.05) is 42.1 Å². The number of rotatable bonds is 3. The SMILES string of the molecule is CCN1/C(=C2/SC(=Nc3ccccc3)N(c3ccc(F)cc3)C2=O)Sc2ccccc21. The molecule has 0 aromatic heterocycles. The number of carbonyl (C=O) groups excluding carboxylic acids is 1. The Hall–Kier alpha value is -3.03. The smallest absolute Gasteiger partial charge is 0.274 e. The van der Waals surface area contributed by atoms with Gasteiger partial charge in [-0.25, -0.2) is 9.38 Å². The summed E-state index contributed by atoms with van der Waals surface area (Å²) < 4.78 is 13.5. The second kappa shape index (κ2) is 8.24. The van der Waals surface area contributed by atoms with Crippen LogP contribution < -0.4 is 9.80 Å². The van der Waals surface area contributed by atoms with E-state index in [9.17, 15) is 9.18 Å². The second-order valence-electron chi connectivity index (χ2n) is 6.90. The Morgan fingerprint density at radius 1 is 0.903 bits per heavy atom. The number of hydrogen-bond acceptors (Lipinski definition) is 5. The summed E-state index contributed by atoms with van der Waals surface area (Å²) in [5, 5.41) is 1.46. The van der Waals surface area contributed by atoms with Crippen molar-refractivity contribution in [2.24, 2.45) is 4.99 Å². The van der Waals surface area contributed by atoms with Crippen molar-refractivity contribution < 1.29 is 9.18 Å². The van der Waals surface area contributed by atoms with Crippen molar-refractivity contribution in [3.05, 3.63) is 94.6 Å². The number of para-hydroxylation sites is 2. The van der Waals surface area contributed by atoms with Crippen molar-refractivity contribution in [1.29, 1.82) is 0 Å². The number of carbonyl (C=O) groups is 1. The fourth-order valence-electron chi connectivity index (χ4n) is 3.53. The molecular formula is C24H18FN3OS2. The van der Waals surface area contributed by atoms with Crippen LogP contribution in [0, 0.1) is 5.82 Å². The quantitative estimate of drug-likeness (QED) is 0.436. The minimum absolute atomic E-state index is 0.153. The zero-order valence-electron chi connectivity index (χ0n) is 16.7. The number of thioether (sulfide) groups is 2. The molecule has 0 unspecified atom stereocenters. The van der Waals surface area contributed by atoms with Crippen molar-refractivity contribution >= 4 is 51.7 Å². The highest BCUT2D eigenvalue weighted by Gasteiger charge is 2.40. The molecule has 0 saturated carbocycles. The molecule has 2 heterocycles. The molecule has 1 amide bonds. The zero-order valence-corrected chi connectivity index (χ0v) is 18.3. The van der Waals surface area contributed by atoms with Gasteiger partial charge in [0.2, 0.25) is 0 Å². The lowest BCUT2D eigenvalue weighted by atomic mass is 10.2. The first-order valence-corrected chi connectivity index (χ1v) is 11.5. The lowest BCUT2D eigenvalue weighted by Gasteiger charge is -2.19. The van der Waals surface area contributed by atoms with E-state index in [0.29, 0.717) is 15.8 Å². The van der Waals surface area contributed by atoms with Gasteiger partial charge in [0, 0.05) is 11.4 Å². The average Bonchev–Trinajstić information content (AvgIpc) is 3.32. The standard InChI is InChI=1S/C24H18FN3OS2/c1-2-27-19-10-6-7-11-20(19)30-23(27)21-22(29)28(18-14-12-16(25)13-15-18)24(31-21)26-17-8-4-3-5-9-17/h3-15H,2H2,1H3/b23-21-,26-24?. The number of benzene rings is 3. The van der Waals surface area contributed by atoms with E-state index < -0.39 is 0 Å². The third-order valence-corrected chi connectivity index (χ3v) is 7.31. The molecule has 0 spiro atoms. The summed E-state index contributed by atoms with van der Waals surface area (Å²) in [5.41, 5.74) is 2.45. The summed E-state index contributed by atoms with van der Waals surface area (Å²) in [4.78, 5) is 23.8. The van der Waals surface area contributed by atoms with Crippen molar-refractivity contribution in [3.63, 3.8) is 0 Å². The van der Waals surface area contributed by atoms with Crippen LogP contribution in [-0.4, -0.2) is 17.6 Å². The van der Waals surface area contributed by atoms with E-state index in [0.717, 1.165) is 27.8 Å². The third-order valence-electron chi connectivity index (χ3n) is 4.97. The number of nitrogens with zero attached hydrogens (tertiary/aromatic N) is 3. The second-order valence-corrected chi connectivity index (χ2v) is 8.91. The van der Waals surface area contributed by atoms with Gasteiger partial charge >= 0.3 is 0 Å². The van der Waals surface area contributed by atoms with E-state index in [1.54, 1.807) is 28.8 Å². The summed E-state index contributed by atoms with van der Waals surface area (Å²) in [6, 6.07) is 23.6. The van der Waals surface area contributed by atoms with Crippen LogP contribution in [0.1, 0.15) is 6.92 Å². The molecule has 7 heteroatoms. The molecular weight excluding hydrogens is 429 g/mol. The number of halogens is 1. The monoisotopic (exact) mass is 447 g/mol. The number of aliphatic imine (C=N–C) groups is 1. The molecule has 0 bridgehead atoms. The van der Waals surface area contributed by atoms with E-state index >= 15 is 0 Å². The fourth-order valence-corrected chi connectivity index (χ4v) is 5.92. The van der Waals surface area contributed by atoms with Gasteiger partial charge < -0.3 is 4.90 Å². The summed E-state index contributed by atoms with van der Waals surface area (Å²) in [6.45, 7) is 2.82. The molecule has 154 valence electrons. The topological polar surface area (TPSA) is 35.9 Å². The molecule has 5 rings (SSSR count).